The Balaban J connectivity index is 1.61. The van der Waals surface area contributed by atoms with Gasteiger partial charge in [0.1, 0.15) is 0 Å². The Bertz CT molecular complexity index is 613. The minimum absolute atomic E-state index is 0.0658. The Morgan fingerprint density at radius 2 is 1.60 bits per heavy atom. The second-order valence-corrected chi connectivity index (χ2v) is 7.22. The topological polar surface area (TPSA) is 21.7 Å². The summed E-state index contributed by atoms with van der Waals surface area (Å²) in [6.07, 6.45) is 2.60. The average molecular weight is 337 g/mol. The van der Waals surface area contributed by atoms with Crippen LogP contribution in [0.5, 0.6) is 0 Å². The third-order valence-electron chi connectivity index (χ3n) is 5.57. The van der Waals surface area contributed by atoms with E-state index in [1.165, 1.54) is 24.0 Å². The van der Waals surface area contributed by atoms with Crippen LogP contribution in [0.15, 0.2) is 60.7 Å². The number of nitrogens with zero attached hydrogens (tertiary/aromatic N) is 1. The zero-order chi connectivity index (χ0) is 17.0. The van der Waals surface area contributed by atoms with Crippen LogP contribution >= 0.6 is 0 Å². The Labute approximate surface area is 150 Å². The molecule has 2 aliphatic rings. The van der Waals surface area contributed by atoms with Crippen molar-refractivity contribution >= 4 is 0 Å². The number of rotatable bonds is 4. The maximum absolute atomic E-state index is 5.89. The lowest BCUT2D eigenvalue weighted by Crippen LogP contribution is -2.50. The summed E-state index contributed by atoms with van der Waals surface area (Å²) in [5, 5.41) is 0. The molecule has 2 saturated heterocycles. The van der Waals surface area contributed by atoms with E-state index in [4.69, 9.17) is 9.47 Å². The Morgan fingerprint density at radius 3 is 2.20 bits per heavy atom. The quantitative estimate of drug-likeness (QED) is 0.852. The van der Waals surface area contributed by atoms with Crippen molar-refractivity contribution in [1.29, 1.82) is 0 Å². The lowest BCUT2D eigenvalue weighted by molar-refractivity contribution is -0.1000. The molecule has 3 nitrogen and oxygen atoms in total. The van der Waals surface area contributed by atoms with Crippen molar-refractivity contribution in [2.45, 2.75) is 24.4 Å². The van der Waals surface area contributed by atoms with Gasteiger partial charge in [0, 0.05) is 18.5 Å². The van der Waals surface area contributed by atoms with Gasteiger partial charge in [-0.1, -0.05) is 60.7 Å². The number of likely N-dealkylation sites (tertiary alicyclic amines) is 1. The molecule has 4 rings (SSSR count). The Morgan fingerprint density at radius 1 is 0.920 bits per heavy atom. The first kappa shape index (κ1) is 16.8. The summed E-state index contributed by atoms with van der Waals surface area (Å²) in [5.74, 6) is 0. The average Bonchev–Trinajstić information content (AvgIpc) is 2.70. The first-order chi connectivity index (χ1) is 12.4. The van der Waals surface area contributed by atoms with Gasteiger partial charge in [-0.25, -0.2) is 0 Å². The van der Waals surface area contributed by atoms with Crippen molar-refractivity contribution < 1.29 is 9.47 Å². The first-order valence-corrected chi connectivity index (χ1v) is 9.40. The van der Waals surface area contributed by atoms with Gasteiger partial charge in [-0.15, -0.1) is 0 Å². The van der Waals surface area contributed by atoms with Gasteiger partial charge in [0.15, 0.2) is 0 Å². The van der Waals surface area contributed by atoms with E-state index in [9.17, 15) is 0 Å². The van der Waals surface area contributed by atoms with Gasteiger partial charge in [-0.05, 0) is 30.5 Å². The van der Waals surface area contributed by atoms with Crippen molar-refractivity contribution in [2.24, 2.45) is 0 Å². The number of ether oxygens (including phenoxy) is 2. The summed E-state index contributed by atoms with van der Waals surface area (Å²) in [6.45, 7) is 5.32. The third-order valence-corrected chi connectivity index (χ3v) is 5.57. The van der Waals surface area contributed by atoms with Gasteiger partial charge in [0.25, 0.3) is 0 Å². The number of hydrogen-bond donors (Lipinski definition) is 0. The van der Waals surface area contributed by atoms with Crippen LogP contribution in [0.2, 0.25) is 0 Å². The third kappa shape index (κ3) is 3.64. The highest BCUT2D eigenvalue weighted by molar-refractivity contribution is 5.40. The molecule has 0 saturated carbocycles. The molecule has 2 heterocycles. The molecule has 0 N–H and O–H groups in total. The molecule has 25 heavy (non-hydrogen) atoms. The van der Waals surface area contributed by atoms with E-state index in [1.54, 1.807) is 0 Å². The molecule has 0 amide bonds. The van der Waals surface area contributed by atoms with E-state index in [2.05, 4.69) is 65.6 Å². The summed E-state index contributed by atoms with van der Waals surface area (Å²) in [7, 11) is 0. The lowest BCUT2D eigenvalue weighted by atomic mass is 9.69. The maximum atomic E-state index is 5.89. The Kier molecular flexibility index (Phi) is 5.16. The van der Waals surface area contributed by atoms with E-state index >= 15 is 0 Å². The second-order valence-electron chi connectivity index (χ2n) is 7.22. The van der Waals surface area contributed by atoms with Crippen molar-refractivity contribution in [2.75, 3.05) is 39.5 Å². The molecule has 132 valence electrons. The molecule has 2 aliphatic heterocycles. The summed E-state index contributed by atoms with van der Waals surface area (Å²) in [5.41, 5.74) is 2.91. The van der Waals surface area contributed by atoms with Crippen LogP contribution < -0.4 is 0 Å². The minimum atomic E-state index is 0.0658. The molecule has 0 radical (unpaired) electrons. The van der Waals surface area contributed by atoms with E-state index in [-0.39, 0.29) is 11.5 Å². The maximum Gasteiger partial charge on any atom is 0.0936 e. The van der Waals surface area contributed by atoms with Gasteiger partial charge in [0.05, 0.1) is 25.9 Å². The molecular weight excluding hydrogens is 310 g/mol. The van der Waals surface area contributed by atoms with Crippen LogP contribution in [-0.2, 0) is 14.9 Å². The van der Waals surface area contributed by atoms with Gasteiger partial charge < -0.3 is 9.47 Å². The number of hydrogen-bond acceptors (Lipinski definition) is 3. The van der Waals surface area contributed by atoms with Crippen LogP contribution in [0.1, 0.15) is 24.0 Å². The summed E-state index contributed by atoms with van der Waals surface area (Å²) < 4.78 is 11.5. The smallest absolute Gasteiger partial charge is 0.0936 e. The van der Waals surface area contributed by atoms with Crippen molar-refractivity contribution in [3.8, 4) is 0 Å². The predicted octanol–water partition coefficient (Wildman–Crippen LogP) is 3.48. The second kappa shape index (κ2) is 7.69. The fourth-order valence-electron chi connectivity index (χ4n) is 4.38. The first-order valence-electron chi connectivity index (χ1n) is 9.40. The fourth-order valence-corrected chi connectivity index (χ4v) is 4.38. The lowest BCUT2D eigenvalue weighted by Gasteiger charge is -2.45. The molecule has 0 aliphatic carbocycles. The molecule has 0 spiro atoms. The normalized spacial score (nSPS) is 24.1. The van der Waals surface area contributed by atoms with Crippen LogP contribution in [-0.4, -0.2) is 50.5 Å². The molecular formula is C22H27NO2. The van der Waals surface area contributed by atoms with E-state index < -0.39 is 0 Å². The van der Waals surface area contributed by atoms with Crippen molar-refractivity contribution in [1.82, 2.24) is 4.90 Å². The number of benzene rings is 2. The van der Waals surface area contributed by atoms with E-state index in [1.807, 2.05) is 0 Å². The highest BCUT2D eigenvalue weighted by Crippen LogP contribution is 2.40. The van der Waals surface area contributed by atoms with Crippen molar-refractivity contribution in [3.05, 3.63) is 71.8 Å². The molecule has 2 aromatic rings. The number of piperidine rings is 1. The SMILES string of the molecule is c1ccc(C2(c3ccccc3)CCCN(C[C@@H]3COCCO3)C2)cc1. The molecule has 3 heteroatoms. The highest BCUT2D eigenvalue weighted by atomic mass is 16.6. The minimum Gasteiger partial charge on any atom is -0.376 e. The van der Waals surface area contributed by atoms with Gasteiger partial charge >= 0.3 is 0 Å². The van der Waals surface area contributed by atoms with Gasteiger partial charge in [-0.2, -0.15) is 0 Å². The monoisotopic (exact) mass is 337 g/mol. The molecule has 1 atom stereocenters. The zero-order valence-corrected chi connectivity index (χ0v) is 14.8. The molecule has 2 aromatic carbocycles. The summed E-state index contributed by atoms with van der Waals surface area (Å²) in [6, 6.07) is 22.0. The Hall–Kier alpha value is -1.68. The predicted molar refractivity (Wildman–Crippen MR) is 99.9 cm³/mol. The standard InChI is InChI=1S/C22H27NO2/c1-3-8-19(9-4-1)22(20-10-5-2-6-11-20)12-7-13-23(18-22)16-21-17-24-14-15-25-21/h1-6,8-11,21H,7,12-18H2/t21-/m1/s1. The largest absolute Gasteiger partial charge is 0.376 e. The summed E-state index contributed by atoms with van der Waals surface area (Å²) in [4.78, 5) is 2.57. The van der Waals surface area contributed by atoms with Crippen LogP contribution in [0.3, 0.4) is 0 Å². The fraction of sp³-hybridized carbons (Fsp3) is 0.455. The van der Waals surface area contributed by atoms with Crippen LogP contribution in [0, 0.1) is 0 Å². The van der Waals surface area contributed by atoms with E-state index in [0.717, 1.165) is 39.5 Å². The van der Waals surface area contributed by atoms with Gasteiger partial charge in [-0.3, -0.25) is 4.90 Å². The van der Waals surface area contributed by atoms with Gasteiger partial charge in [0.2, 0.25) is 0 Å². The van der Waals surface area contributed by atoms with Crippen LogP contribution in [0.4, 0.5) is 0 Å². The molecule has 2 fully saturated rings. The van der Waals surface area contributed by atoms with Crippen LogP contribution in [0.25, 0.3) is 0 Å². The summed E-state index contributed by atoms with van der Waals surface area (Å²) >= 11 is 0. The molecule has 0 unspecified atom stereocenters. The molecule has 0 bridgehead atoms. The molecule has 0 aromatic heterocycles. The highest BCUT2D eigenvalue weighted by Gasteiger charge is 2.39. The van der Waals surface area contributed by atoms with E-state index in [0.29, 0.717) is 0 Å². The zero-order valence-electron chi connectivity index (χ0n) is 14.8. The van der Waals surface area contributed by atoms with Crippen molar-refractivity contribution in [3.63, 3.8) is 0 Å².